The molecule has 0 amide bonds. The zero-order valence-corrected chi connectivity index (χ0v) is 13.7. The highest BCUT2D eigenvalue weighted by atomic mass is 16.5. The molecule has 25 heavy (non-hydrogen) atoms. The van der Waals surface area contributed by atoms with Crippen molar-refractivity contribution in [2.24, 2.45) is 7.05 Å². The normalized spacial score (nSPS) is 11.1. The van der Waals surface area contributed by atoms with Crippen molar-refractivity contribution in [3.8, 4) is 17.1 Å². The van der Waals surface area contributed by atoms with Crippen LogP contribution in [0.2, 0.25) is 0 Å². The minimum Gasteiger partial charge on any atom is -0.497 e. The maximum Gasteiger partial charge on any atom is 0.419 e. The highest BCUT2D eigenvalue weighted by Gasteiger charge is 2.12. The van der Waals surface area contributed by atoms with Crippen LogP contribution in [0.1, 0.15) is 11.5 Å². The number of aryl methyl sites for hydroxylation is 1. The lowest BCUT2D eigenvalue weighted by molar-refractivity contribution is 0.385. The molecule has 0 bridgehead atoms. The summed E-state index contributed by atoms with van der Waals surface area (Å²) in [5.41, 5.74) is 2.98. The molecule has 0 fully saturated rings. The fourth-order valence-electron chi connectivity index (χ4n) is 2.63. The SMILES string of the molecule is COc1ccc(Cc2nc(-c3ccc4c(c3)oc(=O)n4C)no2)cc1. The van der Waals surface area contributed by atoms with Gasteiger partial charge in [0.1, 0.15) is 5.75 Å². The lowest BCUT2D eigenvalue weighted by Crippen LogP contribution is -2.08. The van der Waals surface area contributed by atoms with Crippen LogP contribution in [0.3, 0.4) is 0 Å². The van der Waals surface area contributed by atoms with Gasteiger partial charge < -0.3 is 13.7 Å². The second-order valence-electron chi connectivity index (χ2n) is 5.65. The Morgan fingerprint density at radius 2 is 1.96 bits per heavy atom. The first kappa shape index (κ1) is 15.2. The van der Waals surface area contributed by atoms with Gasteiger partial charge in [0, 0.05) is 12.6 Å². The van der Waals surface area contributed by atoms with E-state index >= 15 is 0 Å². The molecule has 0 atom stereocenters. The number of benzene rings is 2. The van der Waals surface area contributed by atoms with Gasteiger partial charge in [-0.15, -0.1) is 0 Å². The van der Waals surface area contributed by atoms with Crippen LogP contribution in [0.4, 0.5) is 0 Å². The highest BCUT2D eigenvalue weighted by Crippen LogP contribution is 2.22. The van der Waals surface area contributed by atoms with Crippen LogP contribution in [0.25, 0.3) is 22.5 Å². The predicted molar refractivity (Wildman–Crippen MR) is 90.5 cm³/mol. The summed E-state index contributed by atoms with van der Waals surface area (Å²) >= 11 is 0. The fraction of sp³-hybridized carbons (Fsp3) is 0.167. The number of hydrogen-bond acceptors (Lipinski definition) is 6. The molecule has 2 aromatic heterocycles. The molecule has 0 unspecified atom stereocenters. The Labute approximate surface area is 142 Å². The van der Waals surface area contributed by atoms with Gasteiger partial charge in [0.2, 0.25) is 11.7 Å². The predicted octanol–water partition coefficient (Wildman–Crippen LogP) is 2.78. The minimum absolute atomic E-state index is 0.402. The number of rotatable bonds is 4. The van der Waals surface area contributed by atoms with Crippen molar-refractivity contribution in [3.63, 3.8) is 0 Å². The zero-order valence-electron chi connectivity index (χ0n) is 13.7. The summed E-state index contributed by atoms with van der Waals surface area (Å²) in [4.78, 5) is 16.0. The molecule has 2 heterocycles. The van der Waals surface area contributed by atoms with Crippen molar-refractivity contribution in [1.82, 2.24) is 14.7 Å². The van der Waals surface area contributed by atoms with Crippen LogP contribution < -0.4 is 10.5 Å². The summed E-state index contributed by atoms with van der Waals surface area (Å²) in [5, 5.41) is 4.01. The molecular formula is C18H15N3O4. The van der Waals surface area contributed by atoms with E-state index in [0.717, 1.165) is 22.4 Å². The van der Waals surface area contributed by atoms with Crippen molar-refractivity contribution in [2.45, 2.75) is 6.42 Å². The zero-order chi connectivity index (χ0) is 17.4. The summed E-state index contributed by atoms with van der Waals surface area (Å²) in [6.45, 7) is 0. The van der Waals surface area contributed by atoms with Crippen molar-refractivity contribution in [3.05, 3.63) is 64.5 Å². The third kappa shape index (κ3) is 2.80. The van der Waals surface area contributed by atoms with Crippen LogP contribution in [-0.4, -0.2) is 21.8 Å². The van der Waals surface area contributed by atoms with E-state index in [0.29, 0.717) is 23.7 Å². The fourth-order valence-corrected chi connectivity index (χ4v) is 2.63. The Kier molecular flexibility index (Phi) is 3.61. The monoisotopic (exact) mass is 337 g/mol. The Morgan fingerprint density at radius 1 is 1.16 bits per heavy atom. The molecule has 7 nitrogen and oxygen atoms in total. The average molecular weight is 337 g/mol. The molecule has 0 saturated carbocycles. The van der Waals surface area contributed by atoms with E-state index in [1.807, 2.05) is 30.3 Å². The molecule has 126 valence electrons. The Hall–Kier alpha value is -3.35. The van der Waals surface area contributed by atoms with Gasteiger partial charge >= 0.3 is 5.76 Å². The lowest BCUT2D eigenvalue weighted by atomic mass is 10.1. The van der Waals surface area contributed by atoms with Gasteiger partial charge in [-0.1, -0.05) is 17.3 Å². The van der Waals surface area contributed by atoms with Gasteiger partial charge in [-0.2, -0.15) is 4.98 Å². The van der Waals surface area contributed by atoms with E-state index in [4.69, 9.17) is 13.7 Å². The average Bonchev–Trinajstić information content (AvgIpc) is 3.20. The largest absolute Gasteiger partial charge is 0.497 e. The molecule has 0 N–H and O–H groups in total. The molecule has 0 aliphatic rings. The number of oxazole rings is 1. The molecule has 7 heteroatoms. The van der Waals surface area contributed by atoms with Crippen molar-refractivity contribution in [2.75, 3.05) is 7.11 Å². The summed E-state index contributed by atoms with van der Waals surface area (Å²) in [5.74, 6) is 1.36. The second-order valence-corrected chi connectivity index (χ2v) is 5.65. The number of ether oxygens (including phenoxy) is 1. The molecule has 0 aliphatic heterocycles. The van der Waals surface area contributed by atoms with Crippen LogP contribution in [0.5, 0.6) is 5.75 Å². The van der Waals surface area contributed by atoms with Crippen LogP contribution in [0, 0.1) is 0 Å². The van der Waals surface area contributed by atoms with E-state index in [1.165, 1.54) is 4.57 Å². The standard InChI is InChI=1S/C18H15N3O4/c1-21-14-8-5-12(10-15(14)24-18(21)22)17-19-16(25-20-17)9-11-3-6-13(23-2)7-4-11/h3-8,10H,9H2,1-2H3. The van der Waals surface area contributed by atoms with Crippen LogP contribution in [0.15, 0.2) is 56.2 Å². The van der Waals surface area contributed by atoms with Crippen molar-refractivity contribution >= 4 is 11.1 Å². The van der Waals surface area contributed by atoms with Gasteiger partial charge in [0.15, 0.2) is 5.58 Å². The third-order valence-corrected chi connectivity index (χ3v) is 4.03. The molecule has 4 aromatic rings. The van der Waals surface area contributed by atoms with E-state index in [9.17, 15) is 4.79 Å². The first-order valence-electron chi connectivity index (χ1n) is 7.69. The smallest absolute Gasteiger partial charge is 0.419 e. The molecule has 0 saturated heterocycles. The molecule has 2 aromatic carbocycles. The van der Waals surface area contributed by atoms with Gasteiger partial charge in [0.05, 0.1) is 19.0 Å². The van der Waals surface area contributed by atoms with Crippen LogP contribution in [-0.2, 0) is 13.5 Å². The summed E-state index contributed by atoms with van der Waals surface area (Å²) in [7, 11) is 3.29. The Bertz CT molecular complexity index is 1090. The number of methoxy groups -OCH3 is 1. The minimum atomic E-state index is -0.402. The molecule has 0 aliphatic carbocycles. The van der Waals surface area contributed by atoms with Gasteiger partial charge in [-0.25, -0.2) is 4.79 Å². The second kappa shape index (κ2) is 5.94. The van der Waals surface area contributed by atoms with E-state index in [-0.39, 0.29) is 0 Å². The van der Waals surface area contributed by atoms with Gasteiger partial charge in [0.25, 0.3) is 0 Å². The molecular weight excluding hydrogens is 322 g/mol. The van der Waals surface area contributed by atoms with E-state index < -0.39 is 5.76 Å². The topological polar surface area (TPSA) is 83.3 Å². The van der Waals surface area contributed by atoms with E-state index in [1.54, 1.807) is 26.3 Å². The number of nitrogens with zero attached hydrogens (tertiary/aromatic N) is 3. The maximum atomic E-state index is 11.6. The molecule has 0 spiro atoms. The quantitative estimate of drug-likeness (QED) is 0.569. The summed E-state index contributed by atoms with van der Waals surface area (Å²) in [6, 6.07) is 13.0. The first-order valence-corrected chi connectivity index (χ1v) is 7.69. The highest BCUT2D eigenvalue weighted by molar-refractivity contribution is 5.78. The molecule has 4 rings (SSSR count). The summed E-state index contributed by atoms with van der Waals surface area (Å²) in [6.07, 6.45) is 0.527. The Balaban J connectivity index is 1.60. The maximum absolute atomic E-state index is 11.6. The number of fused-ring (bicyclic) bond motifs is 1. The summed E-state index contributed by atoms with van der Waals surface area (Å²) < 4.78 is 17.1. The van der Waals surface area contributed by atoms with Crippen molar-refractivity contribution in [1.29, 1.82) is 0 Å². The first-order chi connectivity index (χ1) is 12.1. The Morgan fingerprint density at radius 3 is 2.72 bits per heavy atom. The van der Waals surface area contributed by atoms with Gasteiger partial charge in [-0.05, 0) is 35.9 Å². The number of hydrogen-bond donors (Lipinski definition) is 0. The molecule has 0 radical (unpaired) electrons. The van der Waals surface area contributed by atoms with E-state index in [2.05, 4.69) is 10.1 Å². The lowest BCUT2D eigenvalue weighted by Gasteiger charge is -2.00. The van der Waals surface area contributed by atoms with Crippen molar-refractivity contribution < 1.29 is 13.7 Å². The third-order valence-electron chi connectivity index (χ3n) is 4.03. The number of aromatic nitrogens is 3. The van der Waals surface area contributed by atoms with Crippen LogP contribution >= 0.6 is 0 Å². The van der Waals surface area contributed by atoms with Gasteiger partial charge in [-0.3, -0.25) is 4.57 Å².